The standard InChI is InChI=1S/C10H17F2N3O2/c1-2-13-8(16)7-14-3-5-15(6-4-14)10(17)9(11)12/h9H,2-7H2,1H3,(H,13,16). The van der Waals surface area contributed by atoms with Crippen LogP contribution < -0.4 is 5.32 Å². The molecule has 0 aromatic rings. The summed E-state index contributed by atoms with van der Waals surface area (Å²) in [6.07, 6.45) is -2.94. The summed E-state index contributed by atoms with van der Waals surface area (Å²) in [7, 11) is 0. The van der Waals surface area contributed by atoms with Crippen LogP contribution in [0, 0.1) is 0 Å². The highest BCUT2D eigenvalue weighted by Crippen LogP contribution is 2.06. The van der Waals surface area contributed by atoms with Gasteiger partial charge in [0.15, 0.2) is 0 Å². The summed E-state index contributed by atoms with van der Waals surface area (Å²) in [5.74, 6) is -1.20. The minimum Gasteiger partial charge on any atom is -0.355 e. The van der Waals surface area contributed by atoms with Gasteiger partial charge in [0, 0.05) is 32.7 Å². The van der Waals surface area contributed by atoms with Crippen molar-refractivity contribution in [2.75, 3.05) is 39.3 Å². The Bertz CT molecular complexity index is 279. The van der Waals surface area contributed by atoms with Crippen LogP contribution in [0.5, 0.6) is 0 Å². The van der Waals surface area contributed by atoms with E-state index < -0.39 is 12.3 Å². The van der Waals surface area contributed by atoms with Gasteiger partial charge in [-0.05, 0) is 6.92 Å². The summed E-state index contributed by atoms with van der Waals surface area (Å²) >= 11 is 0. The van der Waals surface area contributed by atoms with Gasteiger partial charge in [0.25, 0.3) is 5.91 Å². The second-order valence-electron chi connectivity index (χ2n) is 3.86. The smallest absolute Gasteiger partial charge is 0.315 e. The van der Waals surface area contributed by atoms with E-state index in [-0.39, 0.29) is 25.5 Å². The monoisotopic (exact) mass is 249 g/mol. The average molecular weight is 249 g/mol. The van der Waals surface area contributed by atoms with Gasteiger partial charge in [-0.25, -0.2) is 0 Å². The van der Waals surface area contributed by atoms with Crippen molar-refractivity contribution < 1.29 is 18.4 Å². The molecule has 1 aliphatic rings. The van der Waals surface area contributed by atoms with Gasteiger partial charge in [-0.3, -0.25) is 14.5 Å². The number of amides is 2. The molecule has 0 radical (unpaired) electrons. The molecule has 0 aromatic heterocycles. The van der Waals surface area contributed by atoms with Gasteiger partial charge in [0.2, 0.25) is 5.91 Å². The molecule has 0 unspecified atom stereocenters. The average Bonchev–Trinajstić information content (AvgIpc) is 2.29. The molecule has 1 rings (SSSR count). The zero-order chi connectivity index (χ0) is 12.8. The van der Waals surface area contributed by atoms with Crippen molar-refractivity contribution in [3.63, 3.8) is 0 Å². The minimum atomic E-state index is -2.94. The van der Waals surface area contributed by atoms with Crippen LogP contribution >= 0.6 is 0 Å². The lowest BCUT2D eigenvalue weighted by molar-refractivity contribution is -0.144. The minimum absolute atomic E-state index is 0.0823. The first-order valence-electron chi connectivity index (χ1n) is 5.60. The number of carbonyl (C=O) groups is 2. The lowest BCUT2D eigenvalue weighted by Gasteiger charge is -2.34. The molecule has 1 fully saturated rings. The first-order chi connectivity index (χ1) is 8.04. The van der Waals surface area contributed by atoms with Crippen molar-refractivity contribution in [1.29, 1.82) is 0 Å². The first kappa shape index (κ1) is 13.8. The maximum Gasteiger partial charge on any atom is 0.315 e. The van der Waals surface area contributed by atoms with Gasteiger partial charge >= 0.3 is 6.43 Å². The number of alkyl halides is 2. The van der Waals surface area contributed by atoms with Gasteiger partial charge in [-0.2, -0.15) is 8.78 Å². The fourth-order valence-corrected chi connectivity index (χ4v) is 1.72. The molecule has 1 saturated heterocycles. The maximum atomic E-state index is 12.2. The Morgan fingerprint density at radius 1 is 1.24 bits per heavy atom. The summed E-state index contributed by atoms with van der Waals surface area (Å²) in [6, 6.07) is 0. The summed E-state index contributed by atoms with van der Waals surface area (Å²) in [5, 5.41) is 2.66. The van der Waals surface area contributed by atoms with Crippen LogP contribution in [-0.4, -0.2) is 67.3 Å². The molecule has 0 aliphatic carbocycles. The SMILES string of the molecule is CCNC(=O)CN1CCN(C(=O)C(F)F)CC1. The molecule has 0 atom stereocenters. The van der Waals surface area contributed by atoms with Gasteiger partial charge in [-0.1, -0.05) is 0 Å². The van der Waals surface area contributed by atoms with E-state index in [2.05, 4.69) is 5.32 Å². The van der Waals surface area contributed by atoms with E-state index in [1.165, 1.54) is 0 Å². The van der Waals surface area contributed by atoms with E-state index in [1.807, 2.05) is 11.8 Å². The molecule has 1 N–H and O–H groups in total. The number of nitrogens with zero attached hydrogens (tertiary/aromatic N) is 2. The molecule has 5 nitrogen and oxygen atoms in total. The van der Waals surface area contributed by atoms with Crippen LogP contribution in [0.4, 0.5) is 8.78 Å². The fourth-order valence-electron chi connectivity index (χ4n) is 1.72. The van der Waals surface area contributed by atoms with E-state index in [1.54, 1.807) is 0 Å². The Balaban J connectivity index is 2.31. The van der Waals surface area contributed by atoms with Crippen LogP contribution in [-0.2, 0) is 9.59 Å². The predicted octanol–water partition coefficient (Wildman–Crippen LogP) is -0.468. The molecule has 1 aliphatic heterocycles. The number of hydrogen-bond acceptors (Lipinski definition) is 3. The Morgan fingerprint density at radius 3 is 2.29 bits per heavy atom. The summed E-state index contributed by atoms with van der Waals surface area (Å²) in [4.78, 5) is 25.3. The molecule has 98 valence electrons. The fraction of sp³-hybridized carbons (Fsp3) is 0.800. The number of piperazine rings is 1. The third-order valence-electron chi connectivity index (χ3n) is 2.61. The van der Waals surface area contributed by atoms with Gasteiger partial charge in [-0.15, -0.1) is 0 Å². The molecule has 7 heteroatoms. The lowest BCUT2D eigenvalue weighted by atomic mass is 10.3. The number of rotatable bonds is 4. The van der Waals surface area contributed by atoms with Crippen molar-refractivity contribution in [2.45, 2.75) is 13.3 Å². The van der Waals surface area contributed by atoms with Crippen molar-refractivity contribution in [2.24, 2.45) is 0 Å². The second-order valence-corrected chi connectivity index (χ2v) is 3.86. The van der Waals surface area contributed by atoms with E-state index in [0.29, 0.717) is 19.6 Å². The van der Waals surface area contributed by atoms with E-state index in [4.69, 9.17) is 0 Å². The Kier molecular flexibility index (Phi) is 5.27. The third-order valence-corrected chi connectivity index (χ3v) is 2.61. The van der Waals surface area contributed by atoms with Crippen LogP contribution in [0.15, 0.2) is 0 Å². The summed E-state index contributed by atoms with van der Waals surface area (Å²) < 4.78 is 24.3. The van der Waals surface area contributed by atoms with Crippen LogP contribution in [0.3, 0.4) is 0 Å². The predicted molar refractivity (Wildman–Crippen MR) is 57.7 cm³/mol. The van der Waals surface area contributed by atoms with Gasteiger partial charge < -0.3 is 10.2 Å². The topological polar surface area (TPSA) is 52.7 Å². The quantitative estimate of drug-likeness (QED) is 0.733. The van der Waals surface area contributed by atoms with E-state index in [0.717, 1.165) is 4.90 Å². The zero-order valence-electron chi connectivity index (χ0n) is 9.79. The molecular weight excluding hydrogens is 232 g/mol. The van der Waals surface area contributed by atoms with Crippen molar-refractivity contribution in [1.82, 2.24) is 15.1 Å². The second kappa shape index (κ2) is 6.48. The Morgan fingerprint density at radius 2 is 1.82 bits per heavy atom. The molecular formula is C10H17F2N3O2. The first-order valence-corrected chi connectivity index (χ1v) is 5.60. The normalized spacial score (nSPS) is 17.3. The Labute approximate surface area is 98.7 Å². The van der Waals surface area contributed by atoms with Crippen LogP contribution in [0.1, 0.15) is 6.92 Å². The molecule has 0 aromatic carbocycles. The number of halogens is 2. The number of nitrogens with one attached hydrogen (secondary N) is 1. The van der Waals surface area contributed by atoms with Crippen molar-refractivity contribution in [3.8, 4) is 0 Å². The van der Waals surface area contributed by atoms with Crippen LogP contribution in [0.25, 0.3) is 0 Å². The maximum absolute atomic E-state index is 12.2. The lowest BCUT2D eigenvalue weighted by Crippen LogP contribution is -2.52. The van der Waals surface area contributed by atoms with E-state index >= 15 is 0 Å². The number of hydrogen-bond donors (Lipinski definition) is 1. The molecule has 0 bridgehead atoms. The van der Waals surface area contributed by atoms with Crippen LogP contribution in [0.2, 0.25) is 0 Å². The zero-order valence-corrected chi connectivity index (χ0v) is 9.79. The molecule has 1 heterocycles. The molecule has 0 saturated carbocycles. The Hall–Kier alpha value is -1.24. The molecule has 17 heavy (non-hydrogen) atoms. The highest BCUT2D eigenvalue weighted by molar-refractivity contribution is 5.79. The molecule has 0 spiro atoms. The number of carbonyl (C=O) groups excluding carboxylic acids is 2. The summed E-state index contributed by atoms with van der Waals surface area (Å²) in [6.45, 7) is 4.07. The van der Waals surface area contributed by atoms with Gasteiger partial charge in [0.05, 0.1) is 6.54 Å². The van der Waals surface area contributed by atoms with E-state index in [9.17, 15) is 18.4 Å². The number of likely N-dealkylation sites (N-methyl/N-ethyl adjacent to an activating group) is 1. The highest BCUT2D eigenvalue weighted by atomic mass is 19.3. The third kappa shape index (κ3) is 4.26. The van der Waals surface area contributed by atoms with Crippen molar-refractivity contribution in [3.05, 3.63) is 0 Å². The van der Waals surface area contributed by atoms with Crippen molar-refractivity contribution >= 4 is 11.8 Å². The molecule has 2 amide bonds. The largest absolute Gasteiger partial charge is 0.355 e. The highest BCUT2D eigenvalue weighted by Gasteiger charge is 2.27. The van der Waals surface area contributed by atoms with Gasteiger partial charge in [0.1, 0.15) is 0 Å². The summed E-state index contributed by atoms with van der Waals surface area (Å²) in [5.41, 5.74) is 0.